The summed E-state index contributed by atoms with van der Waals surface area (Å²) >= 11 is 0. The van der Waals surface area contributed by atoms with Crippen molar-refractivity contribution in [2.75, 3.05) is 13.2 Å². The molecule has 1 aliphatic rings. The van der Waals surface area contributed by atoms with E-state index < -0.39 is 6.30 Å². The molecule has 1 atom stereocenters. The highest BCUT2D eigenvalue weighted by Gasteiger charge is 2.15. The quantitative estimate of drug-likeness (QED) is 0.439. The summed E-state index contributed by atoms with van der Waals surface area (Å²) in [6.07, 6.45) is 1.39. The minimum Gasteiger partial charge on any atom is -0.463 e. The van der Waals surface area contributed by atoms with Gasteiger partial charge in [-0.2, -0.15) is 0 Å². The number of carbonyl (C=O) groups excluding carboxylic acids is 1. The van der Waals surface area contributed by atoms with E-state index in [4.69, 9.17) is 4.74 Å². The van der Waals surface area contributed by atoms with Gasteiger partial charge in [0.25, 0.3) is 0 Å². The molecule has 1 unspecified atom stereocenters. The van der Waals surface area contributed by atoms with Crippen LogP contribution in [0.4, 0.5) is 4.39 Å². The van der Waals surface area contributed by atoms with Crippen LogP contribution in [0.5, 0.6) is 0 Å². The van der Waals surface area contributed by atoms with Crippen LogP contribution in [-0.4, -0.2) is 25.4 Å². The van der Waals surface area contributed by atoms with E-state index in [1.165, 1.54) is 6.08 Å². The average Bonchev–Trinajstić information content (AvgIpc) is 2.04. The van der Waals surface area contributed by atoms with E-state index in [2.05, 4.69) is 5.32 Å². The second-order valence-electron chi connectivity index (χ2n) is 2.93. The molecule has 1 rings (SSSR count). The summed E-state index contributed by atoms with van der Waals surface area (Å²) in [4.78, 5) is 11.0. The zero-order valence-corrected chi connectivity index (χ0v) is 8.90. The number of alkyl halides is 1. The SMILES string of the molecule is CCOC(=O)C=C1CCNC(F)C1.Cl. The summed E-state index contributed by atoms with van der Waals surface area (Å²) in [7, 11) is 0. The predicted octanol–water partition coefficient (Wildman–Crippen LogP) is 1.58. The van der Waals surface area contributed by atoms with Crippen molar-refractivity contribution in [2.24, 2.45) is 0 Å². The number of piperidine rings is 1. The number of ether oxygens (including phenoxy) is 1. The van der Waals surface area contributed by atoms with E-state index >= 15 is 0 Å². The van der Waals surface area contributed by atoms with Crippen LogP contribution < -0.4 is 5.32 Å². The molecule has 5 heteroatoms. The number of esters is 1. The summed E-state index contributed by atoms with van der Waals surface area (Å²) in [5.41, 5.74) is 0.824. The largest absolute Gasteiger partial charge is 0.463 e. The molecule has 3 nitrogen and oxygen atoms in total. The van der Waals surface area contributed by atoms with Crippen LogP contribution in [-0.2, 0) is 9.53 Å². The van der Waals surface area contributed by atoms with Crippen molar-refractivity contribution < 1.29 is 13.9 Å². The van der Waals surface area contributed by atoms with Crippen molar-refractivity contribution in [1.29, 1.82) is 0 Å². The Balaban J connectivity index is 0.00000169. The molecule has 1 heterocycles. The third kappa shape index (κ3) is 4.58. The topological polar surface area (TPSA) is 38.3 Å². The van der Waals surface area contributed by atoms with Crippen molar-refractivity contribution >= 4 is 18.4 Å². The summed E-state index contributed by atoms with van der Waals surface area (Å²) < 4.78 is 17.5. The Morgan fingerprint density at radius 1 is 1.79 bits per heavy atom. The fourth-order valence-corrected chi connectivity index (χ4v) is 1.28. The maximum absolute atomic E-state index is 12.8. The molecule has 82 valence electrons. The minimum atomic E-state index is -1.02. The third-order valence-corrected chi connectivity index (χ3v) is 1.86. The van der Waals surface area contributed by atoms with Gasteiger partial charge in [-0.25, -0.2) is 9.18 Å². The molecule has 0 bridgehead atoms. The van der Waals surface area contributed by atoms with Gasteiger partial charge in [-0.3, -0.25) is 5.32 Å². The molecule has 1 fully saturated rings. The monoisotopic (exact) mass is 223 g/mol. The Hall–Kier alpha value is -0.610. The first-order chi connectivity index (χ1) is 6.22. The van der Waals surface area contributed by atoms with Gasteiger partial charge in [0.2, 0.25) is 0 Å². The molecule has 0 radical (unpaired) electrons. The van der Waals surface area contributed by atoms with Crippen LogP contribution >= 0.6 is 12.4 Å². The van der Waals surface area contributed by atoms with Gasteiger partial charge in [0.05, 0.1) is 6.61 Å². The van der Waals surface area contributed by atoms with Gasteiger partial charge in [0.1, 0.15) is 0 Å². The Bertz CT molecular complexity index is 221. The van der Waals surface area contributed by atoms with Crippen LogP contribution in [0.15, 0.2) is 11.6 Å². The summed E-state index contributed by atoms with van der Waals surface area (Å²) in [6, 6.07) is 0. The molecule has 14 heavy (non-hydrogen) atoms. The lowest BCUT2D eigenvalue weighted by molar-refractivity contribution is -0.137. The van der Waals surface area contributed by atoms with Gasteiger partial charge in [-0.05, 0) is 13.3 Å². The van der Waals surface area contributed by atoms with E-state index in [1.807, 2.05) is 0 Å². The molecular weight excluding hydrogens is 209 g/mol. The highest BCUT2D eigenvalue weighted by atomic mass is 35.5. The number of hydrogen-bond acceptors (Lipinski definition) is 3. The van der Waals surface area contributed by atoms with Crippen molar-refractivity contribution in [3.63, 3.8) is 0 Å². The lowest BCUT2D eigenvalue weighted by Gasteiger charge is -2.18. The molecule has 0 aromatic rings. The summed E-state index contributed by atoms with van der Waals surface area (Å²) in [6.45, 7) is 2.70. The molecule has 0 aromatic carbocycles. The molecule has 0 spiro atoms. The number of halogens is 2. The van der Waals surface area contributed by atoms with Gasteiger partial charge in [0, 0.05) is 19.0 Å². The normalized spacial score (nSPS) is 24.1. The number of rotatable bonds is 2. The van der Waals surface area contributed by atoms with Gasteiger partial charge >= 0.3 is 5.97 Å². The Labute approximate surface area is 89.1 Å². The fraction of sp³-hybridized carbons (Fsp3) is 0.667. The van der Waals surface area contributed by atoms with Crippen LogP contribution in [0, 0.1) is 0 Å². The Morgan fingerprint density at radius 3 is 3.07 bits per heavy atom. The van der Waals surface area contributed by atoms with Crippen LogP contribution in [0.2, 0.25) is 0 Å². The molecule has 0 saturated carbocycles. The smallest absolute Gasteiger partial charge is 0.330 e. The fourth-order valence-electron chi connectivity index (χ4n) is 1.28. The molecule has 0 amide bonds. The van der Waals surface area contributed by atoms with Crippen molar-refractivity contribution in [2.45, 2.75) is 26.1 Å². The first-order valence-electron chi connectivity index (χ1n) is 4.46. The molecule has 1 saturated heterocycles. The number of nitrogens with one attached hydrogen (secondary N) is 1. The Morgan fingerprint density at radius 2 is 2.50 bits per heavy atom. The van der Waals surface area contributed by atoms with Gasteiger partial charge in [-0.15, -0.1) is 12.4 Å². The predicted molar refractivity (Wildman–Crippen MR) is 54.1 cm³/mol. The second-order valence-corrected chi connectivity index (χ2v) is 2.93. The Kier molecular flexibility index (Phi) is 6.49. The van der Waals surface area contributed by atoms with Crippen LogP contribution in [0.1, 0.15) is 19.8 Å². The molecule has 1 aliphatic heterocycles. The first kappa shape index (κ1) is 13.4. The zero-order valence-electron chi connectivity index (χ0n) is 8.09. The number of carbonyl (C=O) groups is 1. The molecule has 0 aromatic heterocycles. The van der Waals surface area contributed by atoms with Gasteiger partial charge in [-0.1, -0.05) is 5.57 Å². The minimum absolute atomic E-state index is 0. The van der Waals surface area contributed by atoms with Crippen molar-refractivity contribution in [3.05, 3.63) is 11.6 Å². The third-order valence-electron chi connectivity index (χ3n) is 1.86. The van der Waals surface area contributed by atoms with Crippen LogP contribution in [0.3, 0.4) is 0 Å². The van der Waals surface area contributed by atoms with E-state index in [0.717, 1.165) is 12.0 Å². The lowest BCUT2D eigenvalue weighted by atomic mass is 10.0. The van der Waals surface area contributed by atoms with E-state index in [1.54, 1.807) is 6.92 Å². The summed E-state index contributed by atoms with van der Waals surface area (Å²) in [5, 5.41) is 2.66. The molecule has 0 aliphatic carbocycles. The van der Waals surface area contributed by atoms with E-state index in [-0.39, 0.29) is 18.4 Å². The molecule has 1 N–H and O–H groups in total. The van der Waals surface area contributed by atoms with Crippen molar-refractivity contribution in [1.82, 2.24) is 5.32 Å². The van der Waals surface area contributed by atoms with Gasteiger partial charge in [0.15, 0.2) is 6.30 Å². The summed E-state index contributed by atoms with van der Waals surface area (Å²) in [5.74, 6) is -0.369. The second kappa shape index (κ2) is 6.79. The van der Waals surface area contributed by atoms with Gasteiger partial charge < -0.3 is 4.74 Å². The maximum atomic E-state index is 12.8. The maximum Gasteiger partial charge on any atom is 0.330 e. The molecular formula is C9H15ClFNO2. The van der Waals surface area contributed by atoms with E-state index in [9.17, 15) is 9.18 Å². The highest BCUT2D eigenvalue weighted by molar-refractivity contribution is 5.85. The van der Waals surface area contributed by atoms with Crippen molar-refractivity contribution in [3.8, 4) is 0 Å². The van der Waals surface area contributed by atoms with E-state index in [0.29, 0.717) is 19.6 Å². The van der Waals surface area contributed by atoms with Crippen LogP contribution in [0.25, 0.3) is 0 Å². The first-order valence-corrected chi connectivity index (χ1v) is 4.46. The highest BCUT2D eigenvalue weighted by Crippen LogP contribution is 2.15. The average molecular weight is 224 g/mol. The number of hydrogen-bond donors (Lipinski definition) is 1. The zero-order chi connectivity index (χ0) is 9.68. The standard InChI is InChI=1S/C9H14FNO2.ClH/c1-2-13-9(12)6-7-3-4-11-8(10)5-7;/h6,8,11H,2-5H2,1H3;1H. The lowest BCUT2D eigenvalue weighted by Crippen LogP contribution is -2.31.